The van der Waals surface area contributed by atoms with Crippen LogP contribution in [0.1, 0.15) is 25.7 Å². The van der Waals surface area contributed by atoms with Gasteiger partial charge in [-0.15, -0.1) is 0 Å². The van der Waals surface area contributed by atoms with E-state index in [0.717, 1.165) is 0 Å². The Balaban J connectivity index is -0.000000250. The van der Waals surface area contributed by atoms with Crippen molar-refractivity contribution < 1.29 is 168 Å². The summed E-state index contributed by atoms with van der Waals surface area (Å²) in [7, 11) is -8.16. The average Bonchev–Trinajstić information content (AvgIpc) is 2.59. The molecular formula is C16H22K2O14S2. The summed E-state index contributed by atoms with van der Waals surface area (Å²) in [4.78, 5) is 42.1. The van der Waals surface area contributed by atoms with E-state index in [0.29, 0.717) is 0 Å². The number of carbonyl (C=O) groups excluding carboxylic acids is 4. The van der Waals surface area contributed by atoms with Gasteiger partial charge in [-0.2, -0.15) is 16.8 Å². The molecule has 0 saturated heterocycles. The van der Waals surface area contributed by atoms with Crippen molar-refractivity contribution in [1.29, 1.82) is 0 Å². The first-order valence-electron chi connectivity index (χ1n) is 8.44. The van der Waals surface area contributed by atoms with Gasteiger partial charge in [0.2, 0.25) is 0 Å². The summed E-state index contributed by atoms with van der Waals surface area (Å²) in [5.41, 5.74) is -0.571. The number of hydrogen-bond acceptors (Lipinski definition) is 12. The Labute approximate surface area is 281 Å². The number of rotatable bonds is 14. The molecule has 0 rings (SSSR count). The van der Waals surface area contributed by atoms with Crippen LogP contribution in [-0.2, 0) is 48.9 Å². The molecule has 0 saturated carbocycles. The molecule has 0 aromatic carbocycles. The third kappa shape index (κ3) is 30.5. The molecule has 0 unspecified atom stereocenters. The van der Waals surface area contributed by atoms with Gasteiger partial charge in [0.05, 0.1) is 24.7 Å². The van der Waals surface area contributed by atoms with Gasteiger partial charge in [0.15, 0.2) is 0 Å². The molecule has 18 heteroatoms. The average molecular weight is 581 g/mol. The number of carboxylic acids is 2. The molecule has 0 aliphatic carbocycles. The van der Waals surface area contributed by atoms with Crippen LogP contribution >= 0.6 is 0 Å². The van der Waals surface area contributed by atoms with Crippen LogP contribution in [0.2, 0.25) is 0 Å². The fourth-order valence-corrected chi connectivity index (χ4v) is 2.47. The van der Waals surface area contributed by atoms with Crippen molar-refractivity contribution in [3.05, 3.63) is 24.3 Å². The van der Waals surface area contributed by atoms with Gasteiger partial charge < -0.3 is 29.3 Å². The van der Waals surface area contributed by atoms with E-state index < -0.39 is 68.5 Å². The molecule has 0 heterocycles. The minimum atomic E-state index is -4.08. The monoisotopic (exact) mass is 580 g/mol. The standard InChI is InChI=1S/2C8H12O7S.2K/c2*1-6(5-7(9)10)8(11)15-3-2-4-16(12,13)14;;/h2*1-5H2,(H,9,10)(H,12,13,14);;/q;;2*+1/p-2. The summed E-state index contributed by atoms with van der Waals surface area (Å²) >= 11 is 0. The van der Waals surface area contributed by atoms with Crippen LogP contribution in [0, 0.1) is 0 Å². The second kappa shape index (κ2) is 21.5. The normalized spacial score (nSPS) is 10.2. The summed E-state index contributed by atoms with van der Waals surface area (Å²) in [5, 5.41) is 20.2. The van der Waals surface area contributed by atoms with E-state index in [1.54, 1.807) is 0 Å². The number of carbonyl (C=O) groups is 4. The van der Waals surface area contributed by atoms with Crippen LogP contribution in [0.4, 0.5) is 0 Å². The van der Waals surface area contributed by atoms with E-state index in [4.69, 9.17) is 9.11 Å². The fourth-order valence-electron chi connectivity index (χ4n) is 1.51. The molecule has 0 amide bonds. The number of esters is 2. The Kier molecular flexibility index (Phi) is 26.3. The molecule has 0 aliphatic heterocycles. The molecule has 0 radical (unpaired) electrons. The maximum absolute atomic E-state index is 11.0. The third-order valence-electron chi connectivity index (χ3n) is 2.85. The topological polar surface area (TPSA) is 242 Å². The minimum absolute atomic E-state index is 0. The molecule has 0 aromatic heterocycles. The first-order valence-corrected chi connectivity index (χ1v) is 11.7. The summed E-state index contributed by atoms with van der Waals surface area (Å²) in [6.07, 6.45) is -1.44. The van der Waals surface area contributed by atoms with E-state index in [2.05, 4.69) is 22.6 Å². The fraction of sp³-hybridized carbons (Fsp3) is 0.500. The van der Waals surface area contributed by atoms with E-state index in [1.807, 2.05) is 0 Å². The first kappa shape index (κ1) is 41.6. The van der Waals surface area contributed by atoms with Crippen LogP contribution in [0.25, 0.3) is 0 Å². The maximum Gasteiger partial charge on any atom is 1.00 e. The molecular weight excluding hydrogens is 558 g/mol. The number of hydrogen-bond donors (Lipinski definition) is 2. The minimum Gasteiger partial charge on any atom is -0.550 e. The summed E-state index contributed by atoms with van der Waals surface area (Å²) in [6.45, 7) is 5.83. The summed E-state index contributed by atoms with van der Waals surface area (Å²) in [5.74, 6) is -5.85. The van der Waals surface area contributed by atoms with Crippen molar-refractivity contribution in [3.63, 3.8) is 0 Å². The van der Waals surface area contributed by atoms with Crippen LogP contribution in [0.15, 0.2) is 24.3 Å². The van der Waals surface area contributed by atoms with Gasteiger partial charge in [0, 0.05) is 35.9 Å². The van der Waals surface area contributed by atoms with Crippen molar-refractivity contribution in [2.45, 2.75) is 25.7 Å². The van der Waals surface area contributed by atoms with Gasteiger partial charge in [-0.3, -0.25) is 9.11 Å². The predicted molar refractivity (Wildman–Crippen MR) is 102 cm³/mol. The van der Waals surface area contributed by atoms with Gasteiger partial charge in [0.25, 0.3) is 20.2 Å². The molecule has 0 aliphatic rings. The van der Waals surface area contributed by atoms with Crippen molar-refractivity contribution in [2.24, 2.45) is 0 Å². The number of ether oxygens (including phenoxy) is 2. The quantitative estimate of drug-likeness (QED) is 0.0637. The van der Waals surface area contributed by atoms with E-state index >= 15 is 0 Å². The zero-order chi connectivity index (χ0) is 25.5. The molecule has 34 heavy (non-hydrogen) atoms. The molecule has 0 aromatic rings. The molecule has 0 spiro atoms. The van der Waals surface area contributed by atoms with Gasteiger partial charge in [-0.25, -0.2) is 9.59 Å². The van der Waals surface area contributed by atoms with Crippen LogP contribution in [-0.4, -0.2) is 74.5 Å². The largest absolute Gasteiger partial charge is 1.00 e. The smallest absolute Gasteiger partial charge is 0.550 e. The Hall–Kier alpha value is 0.453. The van der Waals surface area contributed by atoms with Gasteiger partial charge in [-0.1, -0.05) is 13.2 Å². The van der Waals surface area contributed by atoms with Crippen LogP contribution in [0.5, 0.6) is 0 Å². The van der Waals surface area contributed by atoms with Crippen LogP contribution in [0.3, 0.4) is 0 Å². The van der Waals surface area contributed by atoms with Crippen LogP contribution < -0.4 is 113 Å². The Morgan fingerprint density at radius 2 is 0.941 bits per heavy atom. The molecule has 2 N–H and O–H groups in total. The molecule has 0 bridgehead atoms. The van der Waals surface area contributed by atoms with E-state index in [1.165, 1.54) is 0 Å². The van der Waals surface area contributed by atoms with Crippen molar-refractivity contribution in [3.8, 4) is 0 Å². The predicted octanol–water partition coefficient (Wildman–Crippen LogP) is -8.98. The van der Waals surface area contributed by atoms with Gasteiger partial charge in [-0.05, 0) is 12.8 Å². The van der Waals surface area contributed by atoms with Crippen molar-refractivity contribution in [1.82, 2.24) is 0 Å². The second-order valence-electron chi connectivity index (χ2n) is 5.86. The Bertz CT molecular complexity index is 849. The third-order valence-corrected chi connectivity index (χ3v) is 4.46. The SMILES string of the molecule is C=C(CC(=O)[O-])C(=O)OCCCS(=O)(=O)O.C=C(CC(=O)[O-])C(=O)OCCCS(=O)(=O)O.[K+].[K+]. The summed E-state index contributed by atoms with van der Waals surface area (Å²) in [6, 6.07) is 0. The van der Waals surface area contributed by atoms with Gasteiger partial charge >= 0.3 is 115 Å². The molecule has 0 fully saturated rings. The first-order chi connectivity index (χ1) is 14.4. The molecule has 0 atom stereocenters. The van der Waals surface area contributed by atoms with Crippen molar-refractivity contribution >= 4 is 44.1 Å². The molecule has 14 nitrogen and oxygen atoms in total. The zero-order valence-electron chi connectivity index (χ0n) is 18.7. The van der Waals surface area contributed by atoms with E-state index in [9.17, 15) is 46.2 Å². The van der Waals surface area contributed by atoms with Gasteiger partial charge in [0.1, 0.15) is 0 Å². The second-order valence-corrected chi connectivity index (χ2v) is 9.00. The number of carboxylic acid groups (broad SMARTS) is 2. The maximum atomic E-state index is 11.0. The Morgan fingerprint density at radius 1 is 0.676 bits per heavy atom. The molecule has 184 valence electrons. The number of aliphatic carboxylic acids is 2. The van der Waals surface area contributed by atoms with Crippen molar-refractivity contribution in [2.75, 3.05) is 24.7 Å². The Morgan fingerprint density at radius 3 is 1.15 bits per heavy atom. The van der Waals surface area contributed by atoms with E-state index in [-0.39, 0.29) is 140 Å². The zero-order valence-corrected chi connectivity index (χ0v) is 26.6. The summed E-state index contributed by atoms with van der Waals surface area (Å²) < 4.78 is 66.7.